The Morgan fingerprint density at radius 3 is 2.41 bits per heavy atom. The van der Waals surface area contributed by atoms with Crippen molar-refractivity contribution in [3.63, 3.8) is 0 Å². The molecule has 0 bridgehead atoms. The molecule has 0 saturated carbocycles. The van der Waals surface area contributed by atoms with Gasteiger partial charge in [-0.1, -0.05) is 25.1 Å². The lowest BCUT2D eigenvalue weighted by molar-refractivity contribution is -0.137. The van der Waals surface area contributed by atoms with Crippen LogP contribution in [0.3, 0.4) is 0 Å². The number of hydrogen-bond donors (Lipinski definition) is 3. The van der Waals surface area contributed by atoms with Crippen molar-refractivity contribution in [3.05, 3.63) is 89.2 Å². The Kier molecular flexibility index (Phi) is 6.53. The zero-order chi connectivity index (χ0) is 24.3. The van der Waals surface area contributed by atoms with Crippen LogP contribution in [-0.4, -0.2) is 29.3 Å². The summed E-state index contributed by atoms with van der Waals surface area (Å²) in [5.41, 5.74) is 3.50. The second-order valence-electron chi connectivity index (χ2n) is 8.69. The van der Waals surface area contributed by atoms with E-state index >= 15 is 0 Å². The van der Waals surface area contributed by atoms with Gasteiger partial charge in [-0.15, -0.1) is 0 Å². The highest BCUT2D eigenvalue weighted by Gasteiger charge is 2.43. The molecular formula is C27H26FN3O3. The van der Waals surface area contributed by atoms with Crippen LogP contribution in [0, 0.1) is 17.1 Å². The molecule has 1 aliphatic heterocycles. The van der Waals surface area contributed by atoms with Crippen LogP contribution in [0.5, 0.6) is 0 Å². The molecule has 0 spiro atoms. The Morgan fingerprint density at radius 2 is 1.82 bits per heavy atom. The van der Waals surface area contributed by atoms with Gasteiger partial charge in [0.15, 0.2) is 0 Å². The topological polar surface area (TPSA) is 96.6 Å². The summed E-state index contributed by atoms with van der Waals surface area (Å²) in [6.07, 6.45) is 0.732. The van der Waals surface area contributed by atoms with Crippen LogP contribution in [-0.2, 0) is 10.4 Å². The first-order valence-corrected chi connectivity index (χ1v) is 11.2. The van der Waals surface area contributed by atoms with E-state index in [9.17, 15) is 19.4 Å². The highest BCUT2D eigenvalue weighted by Crippen LogP contribution is 2.41. The van der Waals surface area contributed by atoms with Crippen molar-refractivity contribution in [3.8, 4) is 6.07 Å². The number of aliphatic carboxylic acids is 1. The van der Waals surface area contributed by atoms with Crippen molar-refractivity contribution >= 4 is 23.0 Å². The molecule has 7 heteroatoms. The largest absolute Gasteiger partial charge is 0.481 e. The third-order valence-electron chi connectivity index (χ3n) is 6.33. The van der Waals surface area contributed by atoms with Crippen LogP contribution in [0.25, 0.3) is 0 Å². The summed E-state index contributed by atoms with van der Waals surface area (Å²) in [4.78, 5) is 13.4. The summed E-state index contributed by atoms with van der Waals surface area (Å²) in [5, 5.41) is 32.8. The number of nitrogens with zero attached hydrogens (tertiary/aromatic N) is 2. The Balaban J connectivity index is 1.63. The number of hydrogen-bond acceptors (Lipinski definition) is 5. The van der Waals surface area contributed by atoms with Gasteiger partial charge < -0.3 is 20.4 Å². The molecule has 0 aliphatic carbocycles. The lowest BCUT2D eigenvalue weighted by Gasteiger charge is -2.48. The molecule has 3 N–H and O–H groups in total. The van der Waals surface area contributed by atoms with Crippen molar-refractivity contribution in [1.29, 1.82) is 5.26 Å². The minimum absolute atomic E-state index is 0.0419. The standard InChI is InChI=1S/C27H26FN3O3/c1-2-19(14-26(32)33)20-5-12-25(24(13-20)30-23-10-3-18(15-29)4-11-23)31-16-27(34,17-31)21-6-8-22(28)9-7-21/h3-13,19,30,34H,2,14,16-17H2,1H3,(H,32,33). The molecule has 0 amide bonds. The number of nitriles is 1. The van der Waals surface area contributed by atoms with Crippen LogP contribution in [0.4, 0.5) is 21.5 Å². The molecule has 3 aromatic carbocycles. The Hall–Kier alpha value is -3.89. The minimum Gasteiger partial charge on any atom is -0.481 e. The second kappa shape index (κ2) is 9.54. The predicted octanol–water partition coefficient (Wildman–Crippen LogP) is 5.12. The van der Waals surface area contributed by atoms with E-state index < -0.39 is 11.6 Å². The summed E-state index contributed by atoms with van der Waals surface area (Å²) in [6, 6.07) is 20.9. The van der Waals surface area contributed by atoms with Gasteiger partial charge >= 0.3 is 5.97 Å². The van der Waals surface area contributed by atoms with Crippen LogP contribution >= 0.6 is 0 Å². The first-order valence-electron chi connectivity index (χ1n) is 11.2. The Labute approximate surface area is 197 Å². The van der Waals surface area contributed by atoms with Crippen molar-refractivity contribution in [2.75, 3.05) is 23.3 Å². The maximum absolute atomic E-state index is 13.3. The minimum atomic E-state index is -1.08. The van der Waals surface area contributed by atoms with Gasteiger partial charge in [0.2, 0.25) is 0 Å². The average Bonchev–Trinajstić information content (AvgIpc) is 2.81. The number of benzene rings is 3. The zero-order valence-electron chi connectivity index (χ0n) is 18.8. The number of β-amino-alcohol motifs (C(OH)–C–C–N with tert-alkyl or cyclic N) is 1. The molecule has 34 heavy (non-hydrogen) atoms. The number of nitrogens with one attached hydrogen (secondary N) is 1. The summed E-state index contributed by atoms with van der Waals surface area (Å²) < 4.78 is 13.3. The molecule has 0 radical (unpaired) electrons. The van der Waals surface area contributed by atoms with Crippen molar-refractivity contribution in [2.24, 2.45) is 0 Å². The number of carbonyl (C=O) groups is 1. The van der Waals surface area contributed by atoms with Gasteiger partial charge in [-0.25, -0.2) is 4.39 Å². The molecule has 4 rings (SSSR count). The van der Waals surface area contributed by atoms with E-state index in [2.05, 4.69) is 11.4 Å². The van der Waals surface area contributed by atoms with E-state index in [0.29, 0.717) is 30.6 Å². The smallest absolute Gasteiger partial charge is 0.303 e. The average molecular weight is 460 g/mol. The fraction of sp³-hybridized carbons (Fsp3) is 0.259. The van der Waals surface area contributed by atoms with Gasteiger partial charge in [0, 0.05) is 5.69 Å². The van der Waals surface area contributed by atoms with Gasteiger partial charge in [-0.05, 0) is 72.0 Å². The van der Waals surface area contributed by atoms with Gasteiger partial charge in [0.05, 0.1) is 42.5 Å². The van der Waals surface area contributed by atoms with Gasteiger partial charge in [-0.3, -0.25) is 4.79 Å². The van der Waals surface area contributed by atoms with Crippen LogP contribution < -0.4 is 10.2 Å². The molecule has 1 unspecified atom stereocenters. The summed E-state index contributed by atoms with van der Waals surface area (Å²) in [5.74, 6) is -1.31. The Morgan fingerprint density at radius 1 is 1.15 bits per heavy atom. The lowest BCUT2D eigenvalue weighted by atomic mass is 9.85. The maximum atomic E-state index is 13.3. The van der Waals surface area contributed by atoms with Crippen LogP contribution in [0.15, 0.2) is 66.7 Å². The Bertz CT molecular complexity index is 1210. The summed E-state index contributed by atoms with van der Waals surface area (Å²) in [7, 11) is 0. The molecule has 3 aromatic rings. The molecule has 0 aromatic heterocycles. The summed E-state index contributed by atoms with van der Waals surface area (Å²) in [6.45, 7) is 2.65. The van der Waals surface area contributed by atoms with E-state index in [1.54, 1.807) is 24.3 Å². The number of carboxylic acids is 1. The highest BCUT2D eigenvalue weighted by atomic mass is 19.1. The van der Waals surface area contributed by atoms with E-state index in [4.69, 9.17) is 5.26 Å². The first-order chi connectivity index (χ1) is 16.3. The number of aliphatic hydroxyl groups is 1. The SMILES string of the molecule is CCC(CC(=O)O)c1ccc(N2CC(O)(c3ccc(F)cc3)C2)c(Nc2ccc(C#N)cc2)c1. The molecule has 1 fully saturated rings. The van der Waals surface area contributed by atoms with E-state index in [1.165, 1.54) is 12.1 Å². The van der Waals surface area contributed by atoms with E-state index in [0.717, 1.165) is 22.6 Å². The third kappa shape index (κ3) is 4.87. The van der Waals surface area contributed by atoms with Crippen molar-refractivity contribution < 1.29 is 19.4 Å². The maximum Gasteiger partial charge on any atom is 0.303 e. The van der Waals surface area contributed by atoms with Gasteiger partial charge in [-0.2, -0.15) is 5.26 Å². The lowest BCUT2D eigenvalue weighted by Crippen LogP contribution is -2.59. The van der Waals surface area contributed by atoms with Gasteiger partial charge in [0.1, 0.15) is 11.4 Å². The predicted molar refractivity (Wildman–Crippen MR) is 129 cm³/mol. The molecule has 1 atom stereocenters. The normalized spacial score (nSPS) is 15.2. The fourth-order valence-corrected chi connectivity index (χ4v) is 4.37. The third-order valence-corrected chi connectivity index (χ3v) is 6.33. The number of carboxylic acid groups (broad SMARTS) is 1. The molecule has 174 valence electrons. The summed E-state index contributed by atoms with van der Waals surface area (Å²) >= 11 is 0. The quantitative estimate of drug-likeness (QED) is 0.433. The second-order valence-corrected chi connectivity index (χ2v) is 8.69. The van der Waals surface area contributed by atoms with Crippen molar-refractivity contribution in [1.82, 2.24) is 0 Å². The molecule has 6 nitrogen and oxygen atoms in total. The first kappa shape index (κ1) is 23.3. The fourth-order valence-electron chi connectivity index (χ4n) is 4.37. The number of anilines is 3. The monoisotopic (exact) mass is 459 g/mol. The van der Waals surface area contributed by atoms with E-state index in [-0.39, 0.29) is 18.2 Å². The van der Waals surface area contributed by atoms with Crippen LogP contribution in [0.2, 0.25) is 0 Å². The van der Waals surface area contributed by atoms with Crippen molar-refractivity contribution in [2.45, 2.75) is 31.3 Å². The molecule has 1 aliphatic rings. The highest BCUT2D eigenvalue weighted by molar-refractivity contribution is 5.78. The molecule has 1 saturated heterocycles. The number of rotatable bonds is 8. The zero-order valence-corrected chi connectivity index (χ0v) is 18.8. The van der Waals surface area contributed by atoms with Gasteiger partial charge in [0.25, 0.3) is 0 Å². The van der Waals surface area contributed by atoms with E-state index in [1.807, 2.05) is 42.2 Å². The molecular weight excluding hydrogens is 433 g/mol. The van der Waals surface area contributed by atoms with Crippen LogP contribution in [0.1, 0.15) is 42.4 Å². The molecule has 1 heterocycles. The number of halogens is 1.